The lowest BCUT2D eigenvalue weighted by atomic mass is 10.1. The monoisotopic (exact) mass is 260 g/mol. The third-order valence-electron chi connectivity index (χ3n) is 3.05. The first kappa shape index (κ1) is 13.4. The minimum absolute atomic E-state index is 0.0546. The number of aliphatic hydroxyl groups is 1. The van der Waals surface area contributed by atoms with Crippen LogP contribution in [0.2, 0.25) is 0 Å². The Morgan fingerprint density at radius 3 is 2.53 bits per heavy atom. The molecule has 100 valence electrons. The summed E-state index contributed by atoms with van der Waals surface area (Å²) in [6.07, 6.45) is -0.715. The van der Waals surface area contributed by atoms with Crippen LogP contribution in [-0.2, 0) is 0 Å². The standard InChI is InChI=1S/C15H17FN2O/c1-18(12-5-3-2-4-6-12)10-15(19)11-7-8-13(16)14(17)9-11/h2-9,15,19H,10,17H2,1H3. The van der Waals surface area contributed by atoms with E-state index in [4.69, 9.17) is 5.73 Å². The van der Waals surface area contributed by atoms with Crippen LogP contribution in [0, 0.1) is 5.82 Å². The first-order chi connectivity index (χ1) is 9.08. The summed E-state index contributed by atoms with van der Waals surface area (Å²) in [5.74, 6) is -0.465. The lowest BCUT2D eigenvalue weighted by molar-refractivity contribution is 0.185. The predicted molar refractivity (Wildman–Crippen MR) is 75.5 cm³/mol. The van der Waals surface area contributed by atoms with Crippen molar-refractivity contribution in [2.24, 2.45) is 0 Å². The maximum atomic E-state index is 13.1. The number of nitrogens with zero attached hydrogens (tertiary/aromatic N) is 1. The molecular formula is C15H17FN2O. The van der Waals surface area contributed by atoms with Gasteiger partial charge in [0.05, 0.1) is 11.8 Å². The molecule has 1 atom stereocenters. The van der Waals surface area contributed by atoms with Crippen molar-refractivity contribution in [1.82, 2.24) is 0 Å². The van der Waals surface area contributed by atoms with Crippen LogP contribution in [-0.4, -0.2) is 18.7 Å². The Bertz CT molecular complexity index is 545. The molecule has 0 heterocycles. The van der Waals surface area contributed by atoms with Gasteiger partial charge in [0.2, 0.25) is 0 Å². The van der Waals surface area contributed by atoms with Crippen molar-refractivity contribution < 1.29 is 9.50 Å². The lowest BCUT2D eigenvalue weighted by Gasteiger charge is -2.23. The van der Waals surface area contributed by atoms with E-state index >= 15 is 0 Å². The highest BCUT2D eigenvalue weighted by atomic mass is 19.1. The van der Waals surface area contributed by atoms with Crippen LogP contribution in [0.1, 0.15) is 11.7 Å². The average Bonchev–Trinajstić information content (AvgIpc) is 2.42. The van der Waals surface area contributed by atoms with Crippen LogP contribution < -0.4 is 10.6 Å². The first-order valence-electron chi connectivity index (χ1n) is 6.07. The van der Waals surface area contributed by atoms with Gasteiger partial charge in [0, 0.05) is 19.3 Å². The summed E-state index contributed by atoms with van der Waals surface area (Å²) in [5, 5.41) is 10.1. The third-order valence-corrected chi connectivity index (χ3v) is 3.05. The van der Waals surface area contributed by atoms with Crippen LogP contribution >= 0.6 is 0 Å². The number of anilines is 2. The summed E-state index contributed by atoms with van der Waals surface area (Å²) >= 11 is 0. The van der Waals surface area contributed by atoms with Gasteiger partial charge < -0.3 is 15.7 Å². The number of likely N-dealkylation sites (N-methyl/N-ethyl adjacent to an activating group) is 1. The number of para-hydroxylation sites is 1. The molecule has 0 radical (unpaired) electrons. The summed E-state index contributed by atoms with van der Waals surface area (Å²) in [6.45, 7) is 0.412. The van der Waals surface area contributed by atoms with Crippen molar-refractivity contribution in [3.05, 3.63) is 59.9 Å². The predicted octanol–water partition coefficient (Wildman–Crippen LogP) is 2.58. The van der Waals surface area contributed by atoms with E-state index in [9.17, 15) is 9.50 Å². The Kier molecular flexibility index (Phi) is 4.02. The molecule has 3 nitrogen and oxygen atoms in total. The smallest absolute Gasteiger partial charge is 0.146 e. The summed E-state index contributed by atoms with van der Waals surface area (Å²) in [7, 11) is 1.89. The average molecular weight is 260 g/mol. The van der Waals surface area contributed by atoms with Gasteiger partial charge in [0.1, 0.15) is 5.82 Å². The number of nitrogen functional groups attached to an aromatic ring is 1. The number of rotatable bonds is 4. The molecule has 2 rings (SSSR count). The van der Waals surface area contributed by atoms with E-state index in [1.54, 1.807) is 6.07 Å². The number of nitrogens with two attached hydrogens (primary N) is 1. The lowest BCUT2D eigenvalue weighted by Crippen LogP contribution is -2.24. The zero-order valence-corrected chi connectivity index (χ0v) is 10.8. The Morgan fingerprint density at radius 1 is 1.21 bits per heavy atom. The zero-order valence-electron chi connectivity index (χ0n) is 10.8. The van der Waals surface area contributed by atoms with E-state index in [1.165, 1.54) is 12.1 Å². The highest BCUT2D eigenvalue weighted by Crippen LogP contribution is 2.21. The Hall–Kier alpha value is -2.07. The van der Waals surface area contributed by atoms with Crippen molar-refractivity contribution in [3.63, 3.8) is 0 Å². The molecule has 0 amide bonds. The van der Waals surface area contributed by atoms with E-state index in [0.29, 0.717) is 12.1 Å². The normalized spacial score (nSPS) is 12.2. The number of aliphatic hydroxyl groups excluding tert-OH is 1. The van der Waals surface area contributed by atoms with Crippen molar-refractivity contribution in [3.8, 4) is 0 Å². The third kappa shape index (κ3) is 3.23. The maximum absolute atomic E-state index is 13.1. The molecule has 3 N–H and O–H groups in total. The SMILES string of the molecule is CN(CC(O)c1ccc(F)c(N)c1)c1ccccc1. The van der Waals surface area contributed by atoms with Gasteiger partial charge in [0.15, 0.2) is 0 Å². The molecule has 19 heavy (non-hydrogen) atoms. The highest BCUT2D eigenvalue weighted by molar-refractivity contribution is 5.47. The summed E-state index contributed by atoms with van der Waals surface area (Å²) < 4.78 is 13.1. The quantitative estimate of drug-likeness (QED) is 0.831. The minimum atomic E-state index is -0.715. The fraction of sp³-hybridized carbons (Fsp3) is 0.200. The molecule has 2 aromatic carbocycles. The molecular weight excluding hydrogens is 243 g/mol. The van der Waals surface area contributed by atoms with Gasteiger partial charge in [-0.2, -0.15) is 0 Å². The van der Waals surface area contributed by atoms with Gasteiger partial charge in [-0.1, -0.05) is 24.3 Å². The fourth-order valence-electron chi connectivity index (χ4n) is 1.92. The Labute approximate surface area is 112 Å². The molecule has 0 aromatic heterocycles. The van der Waals surface area contributed by atoms with Gasteiger partial charge in [-0.15, -0.1) is 0 Å². The molecule has 2 aromatic rings. The second-order valence-corrected chi connectivity index (χ2v) is 4.51. The molecule has 0 saturated heterocycles. The molecule has 1 unspecified atom stereocenters. The van der Waals surface area contributed by atoms with Gasteiger partial charge in [-0.3, -0.25) is 0 Å². The molecule has 0 fully saturated rings. The largest absolute Gasteiger partial charge is 0.396 e. The van der Waals surface area contributed by atoms with Crippen molar-refractivity contribution in [2.45, 2.75) is 6.10 Å². The molecule has 0 aliphatic heterocycles. The summed E-state index contributed by atoms with van der Waals surface area (Å²) in [6, 6.07) is 14.0. The first-order valence-corrected chi connectivity index (χ1v) is 6.07. The zero-order chi connectivity index (χ0) is 13.8. The molecule has 0 spiro atoms. The van der Waals surface area contributed by atoms with Crippen molar-refractivity contribution in [1.29, 1.82) is 0 Å². The number of hydrogen-bond donors (Lipinski definition) is 2. The van der Waals surface area contributed by atoms with Crippen LogP contribution in [0.25, 0.3) is 0 Å². The number of halogens is 1. The summed E-state index contributed by atoms with van der Waals surface area (Å²) in [5.41, 5.74) is 7.18. The highest BCUT2D eigenvalue weighted by Gasteiger charge is 2.12. The van der Waals surface area contributed by atoms with Crippen LogP contribution in [0.5, 0.6) is 0 Å². The van der Waals surface area contributed by atoms with E-state index in [2.05, 4.69) is 0 Å². The molecule has 0 aliphatic carbocycles. The second-order valence-electron chi connectivity index (χ2n) is 4.51. The molecule has 0 aliphatic rings. The topological polar surface area (TPSA) is 49.5 Å². The minimum Gasteiger partial charge on any atom is -0.396 e. The van der Waals surface area contributed by atoms with Gasteiger partial charge in [-0.05, 0) is 29.8 Å². The molecule has 0 saturated carbocycles. The van der Waals surface area contributed by atoms with Gasteiger partial charge >= 0.3 is 0 Å². The summed E-state index contributed by atoms with van der Waals surface area (Å²) in [4.78, 5) is 1.93. The maximum Gasteiger partial charge on any atom is 0.146 e. The number of hydrogen-bond acceptors (Lipinski definition) is 3. The number of benzene rings is 2. The van der Waals surface area contributed by atoms with Crippen LogP contribution in [0.4, 0.5) is 15.8 Å². The van der Waals surface area contributed by atoms with E-state index in [0.717, 1.165) is 5.69 Å². The van der Waals surface area contributed by atoms with Crippen molar-refractivity contribution >= 4 is 11.4 Å². The Balaban J connectivity index is 2.08. The molecule has 4 heteroatoms. The van der Waals surface area contributed by atoms with E-state index < -0.39 is 11.9 Å². The van der Waals surface area contributed by atoms with Gasteiger partial charge in [0.25, 0.3) is 0 Å². The van der Waals surface area contributed by atoms with E-state index in [-0.39, 0.29) is 5.69 Å². The Morgan fingerprint density at radius 2 is 1.89 bits per heavy atom. The van der Waals surface area contributed by atoms with Crippen LogP contribution in [0.15, 0.2) is 48.5 Å². The second kappa shape index (κ2) is 5.71. The fourth-order valence-corrected chi connectivity index (χ4v) is 1.92. The van der Waals surface area contributed by atoms with Crippen LogP contribution in [0.3, 0.4) is 0 Å². The molecule has 0 bridgehead atoms. The van der Waals surface area contributed by atoms with Gasteiger partial charge in [-0.25, -0.2) is 4.39 Å². The van der Waals surface area contributed by atoms with Crippen molar-refractivity contribution in [2.75, 3.05) is 24.2 Å². The van der Waals surface area contributed by atoms with E-state index in [1.807, 2.05) is 42.3 Å².